The molecule has 1 atom stereocenters. The normalized spacial score (nSPS) is 12.8. The Kier molecular flexibility index (Phi) is 5.39. The highest BCUT2D eigenvalue weighted by molar-refractivity contribution is 8.01. The van der Waals surface area contributed by atoms with E-state index in [0.717, 1.165) is 0 Å². The molecule has 2 heteroatoms. The summed E-state index contributed by atoms with van der Waals surface area (Å²) < 4.78 is -0.261. The summed E-state index contributed by atoms with van der Waals surface area (Å²) in [5.41, 5.74) is 9.85. The van der Waals surface area contributed by atoms with Crippen molar-refractivity contribution in [1.82, 2.24) is 0 Å². The molecule has 0 radical (unpaired) electrons. The molecule has 0 saturated heterocycles. The molecule has 1 nitrogen and oxygen atoms in total. The number of rotatable bonds is 6. The Morgan fingerprint density at radius 1 is 0.708 bits per heavy atom. The summed E-state index contributed by atoms with van der Waals surface area (Å²) in [5.74, 6) is 0. The highest BCUT2D eigenvalue weighted by Gasteiger charge is 2.38. The Morgan fingerprint density at radius 2 is 1.04 bits per heavy atom. The lowest BCUT2D eigenvalue weighted by Gasteiger charge is -2.37. The molecule has 122 valence electrons. The third-order valence-corrected chi connectivity index (χ3v) is 5.91. The maximum absolute atomic E-state index is 5.99. The van der Waals surface area contributed by atoms with Gasteiger partial charge in [0, 0.05) is 11.8 Å². The summed E-state index contributed by atoms with van der Waals surface area (Å²) >= 11 is 1.93. The van der Waals surface area contributed by atoms with Crippen LogP contribution in [-0.2, 0) is 4.75 Å². The summed E-state index contributed by atoms with van der Waals surface area (Å²) in [6, 6.07) is 32.2. The van der Waals surface area contributed by atoms with E-state index < -0.39 is 0 Å². The van der Waals surface area contributed by atoms with Crippen molar-refractivity contribution in [2.45, 2.75) is 16.9 Å². The molecule has 0 fully saturated rings. The van der Waals surface area contributed by atoms with Crippen molar-refractivity contribution in [1.29, 1.82) is 0 Å². The smallest absolute Gasteiger partial charge is 0.0910 e. The quantitative estimate of drug-likeness (QED) is 0.638. The summed E-state index contributed by atoms with van der Waals surface area (Å²) in [5, 5.41) is 0.339. The van der Waals surface area contributed by atoms with E-state index in [2.05, 4.69) is 97.9 Å². The van der Waals surface area contributed by atoms with Crippen LogP contribution in [0.4, 0.5) is 0 Å². The Morgan fingerprint density at radius 3 is 1.33 bits per heavy atom. The van der Waals surface area contributed by atoms with E-state index in [1.807, 2.05) is 11.8 Å². The van der Waals surface area contributed by atoms with Gasteiger partial charge in [0.25, 0.3) is 0 Å². The Balaban J connectivity index is 2.28. The molecule has 3 aromatic carbocycles. The first kappa shape index (κ1) is 16.8. The molecule has 1 unspecified atom stereocenters. The van der Waals surface area contributed by atoms with Crippen LogP contribution in [0, 0.1) is 0 Å². The molecule has 2 N–H and O–H groups in total. The van der Waals surface area contributed by atoms with Crippen LogP contribution < -0.4 is 5.73 Å². The van der Waals surface area contributed by atoms with Gasteiger partial charge < -0.3 is 5.73 Å². The predicted octanol–water partition coefficient (Wildman–Crippen LogP) is 5.06. The zero-order valence-corrected chi connectivity index (χ0v) is 14.7. The molecule has 0 heterocycles. The topological polar surface area (TPSA) is 26.0 Å². The van der Waals surface area contributed by atoms with Gasteiger partial charge in [-0.2, -0.15) is 0 Å². The van der Waals surface area contributed by atoms with Gasteiger partial charge in [-0.1, -0.05) is 97.9 Å². The zero-order chi connectivity index (χ0) is 16.8. The summed E-state index contributed by atoms with van der Waals surface area (Å²) in [6.07, 6.45) is 0. The second-order valence-electron chi connectivity index (χ2n) is 5.94. The van der Waals surface area contributed by atoms with Gasteiger partial charge in [0.05, 0.1) is 4.75 Å². The average molecular weight is 334 g/mol. The van der Waals surface area contributed by atoms with Gasteiger partial charge in [-0.3, -0.25) is 0 Å². The Hall–Kier alpha value is -2.03. The molecule has 0 aromatic heterocycles. The van der Waals surface area contributed by atoms with Crippen LogP contribution in [0.2, 0.25) is 0 Å². The number of hydrogen-bond acceptors (Lipinski definition) is 2. The fourth-order valence-corrected chi connectivity index (χ4v) is 4.59. The molecule has 0 aliphatic carbocycles. The van der Waals surface area contributed by atoms with Gasteiger partial charge in [0.15, 0.2) is 0 Å². The molecular formula is C22H23NS. The molecule has 0 bridgehead atoms. The highest BCUT2D eigenvalue weighted by Crippen LogP contribution is 2.49. The first-order valence-corrected chi connectivity index (χ1v) is 9.20. The average Bonchev–Trinajstić information content (AvgIpc) is 2.68. The van der Waals surface area contributed by atoms with Crippen molar-refractivity contribution in [3.05, 3.63) is 108 Å². The predicted molar refractivity (Wildman–Crippen MR) is 105 cm³/mol. The van der Waals surface area contributed by atoms with Crippen LogP contribution in [0.3, 0.4) is 0 Å². The van der Waals surface area contributed by atoms with Crippen LogP contribution in [0.1, 0.15) is 23.6 Å². The zero-order valence-electron chi connectivity index (χ0n) is 13.9. The largest absolute Gasteiger partial charge is 0.329 e. The van der Waals surface area contributed by atoms with Crippen LogP contribution in [-0.4, -0.2) is 11.8 Å². The van der Waals surface area contributed by atoms with E-state index in [1.54, 1.807) is 0 Å². The second-order valence-corrected chi connectivity index (χ2v) is 7.60. The molecule has 0 aliphatic rings. The lowest BCUT2D eigenvalue weighted by molar-refractivity contribution is 0.863. The molecule has 3 rings (SSSR count). The SMILES string of the molecule is CC(CN)SC(c1ccccc1)(c1ccccc1)c1ccccc1. The van der Waals surface area contributed by atoms with E-state index in [9.17, 15) is 0 Å². The minimum absolute atomic E-state index is 0.261. The number of benzene rings is 3. The lowest BCUT2D eigenvalue weighted by Crippen LogP contribution is -2.30. The maximum Gasteiger partial charge on any atom is 0.0910 e. The van der Waals surface area contributed by atoms with Crippen molar-refractivity contribution >= 4 is 11.8 Å². The van der Waals surface area contributed by atoms with Crippen molar-refractivity contribution < 1.29 is 0 Å². The first-order valence-electron chi connectivity index (χ1n) is 8.32. The molecule has 0 aliphatic heterocycles. The van der Waals surface area contributed by atoms with E-state index in [1.165, 1.54) is 16.7 Å². The van der Waals surface area contributed by atoms with Gasteiger partial charge in [0.2, 0.25) is 0 Å². The van der Waals surface area contributed by atoms with E-state index in [-0.39, 0.29) is 4.75 Å². The lowest BCUT2D eigenvalue weighted by atomic mass is 9.84. The molecular weight excluding hydrogens is 310 g/mol. The van der Waals surface area contributed by atoms with Gasteiger partial charge in [0.1, 0.15) is 0 Å². The minimum atomic E-state index is -0.261. The third kappa shape index (κ3) is 3.26. The molecule has 0 amide bonds. The van der Waals surface area contributed by atoms with Crippen LogP contribution in [0.5, 0.6) is 0 Å². The third-order valence-electron chi connectivity index (χ3n) is 4.25. The maximum atomic E-state index is 5.99. The Bertz CT molecular complexity index is 644. The summed E-state index contributed by atoms with van der Waals surface area (Å²) in [7, 11) is 0. The second kappa shape index (κ2) is 7.69. The van der Waals surface area contributed by atoms with Crippen molar-refractivity contribution in [2.24, 2.45) is 5.73 Å². The molecule has 0 saturated carbocycles. The van der Waals surface area contributed by atoms with Crippen LogP contribution >= 0.6 is 11.8 Å². The standard InChI is InChI=1S/C22H23NS/c1-18(17-23)24-22(19-11-5-2-6-12-19,20-13-7-3-8-14-20)21-15-9-4-10-16-21/h2-16,18H,17,23H2,1H3. The summed E-state index contributed by atoms with van der Waals surface area (Å²) in [4.78, 5) is 0. The van der Waals surface area contributed by atoms with Crippen molar-refractivity contribution in [2.75, 3.05) is 6.54 Å². The van der Waals surface area contributed by atoms with Crippen molar-refractivity contribution in [3.8, 4) is 0 Å². The van der Waals surface area contributed by atoms with Gasteiger partial charge in [-0.15, -0.1) is 11.8 Å². The minimum Gasteiger partial charge on any atom is -0.329 e. The van der Waals surface area contributed by atoms with E-state index >= 15 is 0 Å². The van der Waals surface area contributed by atoms with Gasteiger partial charge >= 0.3 is 0 Å². The van der Waals surface area contributed by atoms with Gasteiger partial charge in [-0.05, 0) is 16.7 Å². The fraction of sp³-hybridized carbons (Fsp3) is 0.182. The van der Waals surface area contributed by atoms with E-state index in [0.29, 0.717) is 11.8 Å². The number of thioether (sulfide) groups is 1. The van der Waals surface area contributed by atoms with Crippen LogP contribution in [0.15, 0.2) is 91.0 Å². The van der Waals surface area contributed by atoms with Crippen LogP contribution in [0.25, 0.3) is 0 Å². The Labute approximate surface area is 148 Å². The monoisotopic (exact) mass is 333 g/mol. The first-order chi connectivity index (χ1) is 11.8. The highest BCUT2D eigenvalue weighted by atomic mass is 32.2. The van der Waals surface area contributed by atoms with Crippen molar-refractivity contribution in [3.63, 3.8) is 0 Å². The number of nitrogens with two attached hydrogens (primary N) is 1. The molecule has 0 spiro atoms. The number of hydrogen-bond donors (Lipinski definition) is 1. The van der Waals surface area contributed by atoms with E-state index in [4.69, 9.17) is 5.73 Å². The fourth-order valence-electron chi connectivity index (χ4n) is 3.07. The summed E-state index contributed by atoms with van der Waals surface area (Å²) in [6.45, 7) is 2.85. The molecule has 24 heavy (non-hydrogen) atoms. The van der Waals surface area contributed by atoms with Gasteiger partial charge in [-0.25, -0.2) is 0 Å². The molecule has 3 aromatic rings.